The van der Waals surface area contributed by atoms with Gasteiger partial charge in [-0.25, -0.2) is 0 Å². The fraction of sp³-hybridized carbons (Fsp3) is 0.417. The number of hydrogen-bond acceptors (Lipinski definition) is 3. The van der Waals surface area contributed by atoms with E-state index in [4.69, 9.17) is 16.3 Å². The van der Waals surface area contributed by atoms with Gasteiger partial charge in [0.25, 0.3) is 0 Å². The number of carbonyl (C=O) groups is 1. The van der Waals surface area contributed by atoms with Crippen LogP contribution < -0.4 is 15.4 Å². The Hall–Kier alpha value is -1.26. The van der Waals surface area contributed by atoms with Crippen molar-refractivity contribution in [2.75, 3.05) is 26.7 Å². The van der Waals surface area contributed by atoms with E-state index < -0.39 is 0 Å². The van der Waals surface area contributed by atoms with Gasteiger partial charge >= 0.3 is 0 Å². The number of carbonyl (C=O) groups excluding carboxylic acids is 1. The summed E-state index contributed by atoms with van der Waals surface area (Å²) in [5, 5.41) is 6.36. The summed E-state index contributed by atoms with van der Waals surface area (Å²) < 4.78 is 5.43. The first-order valence-corrected chi connectivity index (χ1v) is 5.90. The first kappa shape index (κ1) is 13.8. The molecular formula is C12H17ClN2O2. The van der Waals surface area contributed by atoms with Crippen molar-refractivity contribution in [3.05, 3.63) is 29.3 Å². The van der Waals surface area contributed by atoms with Crippen molar-refractivity contribution in [2.24, 2.45) is 0 Å². The van der Waals surface area contributed by atoms with Crippen LogP contribution in [0.1, 0.15) is 6.42 Å². The zero-order valence-corrected chi connectivity index (χ0v) is 10.6. The molecule has 0 bridgehead atoms. The zero-order valence-electron chi connectivity index (χ0n) is 9.83. The van der Waals surface area contributed by atoms with E-state index >= 15 is 0 Å². The lowest BCUT2D eigenvalue weighted by molar-refractivity contribution is -0.121. The summed E-state index contributed by atoms with van der Waals surface area (Å²) in [7, 11) is 1.82. The van der Waals surface area contributed by atoms with Gasteiger partial charge in [-0.15, -0.1) is 0 Å². The minimum absolute atomic E-state index is 0.0269. The van der Waals surface area contributed by atoms with Crippen LogP contribution in [-0.2, 0) is 4.79 Å². The van der Waals surface area contributed by atoms with Gasteiger partial charge in [0.05, 0.1) is 6.54 Å². The van der Waals surface area contributed by atoms with E-state index in [1.54, 1.807) is 24.3 Å². The summed E-state index contributed by atoms with van der Waals surface area (Å²) in [5.41, 5.74) is 0. The molecule has 0 saturated heterocycles. The second-order valence-corrected chi connectivity index (χ2v) is 3.94. The smallest absolute Gasteiger partial charge is 0.221 e. The van der Waals surface area contributed by atoms with Gasteiger partial charge in [0.15, 0.2) is 0 Å². The molecule has 0 radical (unpaired) electrons. The number of halogens is 1. The second kappa shape index (κ2) is 7.92. The van der Waals surface area contributed by atoms with E-state index in [0.717, 1.165) is 5.75 Å². The van der Waals surface area contributed by atoms with E-state index in [9.17, 15) is 4.79 Å². The number of rotatable bonds is 7. The lowest BCUT2D eigenvalue weighted by Crippen LogP contribution is -2.30. The third-order valence-electron chi connectivity index (χ3n) is 2.11. The Morgan fingerprint density at radius 2 is 2.00 bits per heavy atom. The predicted octanol–water partition coefficient (Wildman–Crippen LogP) is 1.44. The third kappa shape index (κ3) is 6.14. The van der Waals surface area contributed by atoms with E-state index in [-0.39, 0.29) is 5.91 Å². The average Bonchev–Trinajstić information content (AvgIpc) is 2.34. The number of hydrogen-bond donors (Lipinski definition) is 2. The summed E-state index contributed by atoms with van der Waals surface area (Å²) in [5.74, 6) is 0.776. The SMILES string of the molecule is CNCCC(=O)NCCOc1ccc(Cl)cc1. The Morgan fingerprint density at radius 3 is 2.65 bits per heavy atom. The molecule has 0 aliphatic heterocycles. The number of ether oxygens (including phenoxy) is 1. The summed E-state index contributed by atoms with van der Waals surface area (Å²) in [4.78, 5) is 11.2. The molecule has 1 aromatic carbocycles. The largest absolute Gasteiger partial charge is 0.492 e. The fourth-order valence-corrected chi connectivity index (χ4v) is 1.34. The standard InChI is InChI=1S/C12H17ClN2O2/c1-14-7-6-12(16)15-8-9-17-11-4-2-10(13)3-5-11/h2-5,14H,6-9H2,1H3,(H,15,16). The van der Waals surface area contributed by atoms with Gasteiger partial charge in [-0.2, -0.15) is 0 Å². The fourth-order valence-electron chi connectivity index (χ4n) is 1.22. The van der Waals surface area contributed by atoms with Crippen molar-refractivity contribution in [1.29, 1.82) is 0 Å². The molecule has 1 rings (SSSR count). The Labute approximate surface area is 106 Å². The van der Waals surface area contributed by atoms with Crippen molar-refractivity contribution in [3.8, 4) is 5.75 Å². The van der Waals surface area contributed by atoms with E-state index in [1.165, 1.54) is 0 Å². The van der Waals surface area contributed by atoms with Crippen molar-refractivity contribution < 1.29 is 9.53 Å². The van der Waals surface area contributed by atoms with Gasteiger partial charge < -0.3 is 15.4 Å². The van der Waals surface area contributed by atoms with Crippen LogP contribution in [0.25, 0.3) is 0 Å². The molecule has 0 aliphatic rings. The molecule has 0 spiro atoms. The highest BCUT2D eigenvalue weighted by atomic mass is 35.5. The molecule has 2 N–H and O–H groups in total. The first-order chi connectivity index (χ1) is 8.22. The van der Waals surface area contributed by atoms with Crippen LogP contribution in [0.4, 0.5) is 0 Å². The molecule has 0 aliphatic carbocycles. The second-order valence-electron chi connectivity index (χ2n) is 3.51. The minimum atomic E-state index is 0.0269. The van der Waals surface area contributed by atoms with Crippen molar-refractivity contribution in [1.82, 2.24) is 10.6 Å². The highest BCUT2D eigenvalue weighted by molar-refractivity contribution is 6.30. The highest BCUT2D eigenvalue weighted by Gasteiger charge is 1.99. The first-order valence-electron chi connectivity index (χ1n) is 5.52. The Bertz CT molecular complexity index is 341. The van der Waals surface area contributed by atoms with Crippen LogP contribution in [0.15, 0.2) is 24.3 Å². The van der Waals surface area contributed by atoms with Crippen LogP contribution in [-0.4, -0.2) is 32.7 Å². The molecule has 4 nitrogen and oxygen atoms in total. The molecule has 0 aromatic heterocycles. The molecule has 0 saturated carbocycles. The van der Waals surface area contributed by atoms with Crippen LogP contribution in [0, 0.1) is 0 Å². The maximum absolute atomic E-state index is 11.2. The summed E-state index contributed by atoms with van der Waals surface area (Å²) in [6.45, 7) is 1.64. The minimum Gasteiger partial charge on any atom is -0.492 e. The molecule has 17 heavy (non-hydrogen) atoms. The molecule has 94 valence electrons. The van der Waals surface area contributed by atoms with Gasteiger partial charge in [-0.3, -0.25) is 4.79 Å². The summed E-state index contributed by atoms with van der Waals surface area (Å²) in [6, 6.07) is 7.13. The Kier molecular flexibility index (Phi) is 6.43. The van der Waals surface area contributed by atoms with Gasteiger partial charge in [0.2, 0.25) is 5.91 Å². The monoisotopic (exact) mass is 256 g/mol. The quantitative estimate of drug-likeness (QED) is 0.726. The molecule has 0 fully saturated rings. The maximum Gasteiger partial charge on any atom is 0.221 e. The lowest BCUT2D eigenvalue weighted by Gasteiger charge is -2.07. The van der Waals surface area contributed by atoms with Crippen molar-refractivity contribution >= 4 is 17.5 Å². The van der Waals surface area contributed by atoms with Crippen LogP contribution in [0.2, 0.25) is 5.02 Å². The molecule has 1 aromatic rings. The lowest BCUT2D eigenvalue weighted by atomic mass is 10.3. The highest BCUT2D eigenvalue weighted by Crippen LogP contribution is 2.14. The molecular weight excluding hydrogens is 240 g/mol. The molecule has 1 amide bonds. The van der Waals surface area contributed by atoms with Gasteiger partial charge in [-0.1, -0.05) is 11.6 Å². The van der Waals surface area contributed by atoms with Crippen molar-refractivity contribution in [2.45, 2.75) is 6.42 Å². The zero-order chi connectivity index (χ0) is 12.5. The van der Waals surface area contributed by atoms with Crippen molar-refractivity contribution in [3.63, 3.8) is 0 Å². The topological polar surface area (TPSA) is 50.4 Å². The van der Waals surface area contributed by atoms with Crippen LogP contribution >= 0.6 is 11.6 Å². The average molecular weight is 257 g/mol. The van der Waals surface area contributed by atoms with Gasteiger partial charge in [-0.05, 0) is 31.3 Å². The van der Waals surface area contributed by atoms with Crippen LogP contribution in [0.3, 0.4) is 0 Å². The molecule has 0 heterocycles. The molecule has 0 unspecified atom stereocenters. The Balaban J connectivity index is 2.11. The van der Waals surface area contributed by atoms with Crippen LogP contribution in [0.5, 0.6) is 5.75 Å². The number of amides is 1. The van der Waals surface area contributed by atoms with Gasteiger partial charge in [0, 0.05) is 18.0 Å². The number of nitrogens with one attached hydrogen (secondary N) is 2. The molecule has 5 heteroatoms. The van der Waals surface area contributed by atoms with Gasteiger partial charge in [0.1, 0.15) is 12.4 Å². The maximum atomic E-state index is 11.2. The normalized spacial score (nSPS) is 10.0. The molecule has 0 atom stereocenters. The predicted molar refractivity (Wildman–Crippen MR) is 68.5 cm³/mol. The van der Waals surface area contributed by atoms with E-state index in [2.05, 4.69) is 10.6 Å². The van der Waals surface area contributed by atoms with E-state index in [0.29, 0.717) is 31.1 Å². The Morgan fingerprint density at radius 1 is 1.29 bits per heavy atom. The number of benzene rings is 1. The summed E-state index contributed by atoms with van der Waals surface area (Å²) in [6.07, 6.45) is 0.484. The summed E-state index contributed by atoms with van der Waals surface area (Å²) >= 11 is 5.74. The van der Waals surface area contributed by atoms with E-state index in [1.807, 2.05) is 7.05 Å². The third-order valence-corrected chi connectivity index (χ3v) is 2.36.